The number of rotatable bonds is 6. The van der Waals surface area contributed by atoms with Gasteiger partial charge in [0.2, 0.25) is 5.16 Å². The summed E-state index contributed by atoms with van der Waals surface area (Å²) in [5, 5.41) is 26.8. The first-order valence-corrected chi connectivity index (χ1v) is 7.10. The number of aryl methyl sites for hydroxylation is 1. The largest absolute Gasteiger partial charge is 0.477 e. The van der Waals surface area contributed by atoms with Crippen LogP contribution in [-0.2, 0) is 11.2 Å². The number of aromatic nitrogens is 3. The van der Waals surface area contributed by atoms with Gasteiger partial charge in [-0.25, -0.2) is 9.78 Å². The van der Waals surface area contributed by atoms with Crippen molar-refractivity contribution in [3.05, 3.63) is 50.7 Å². The van der Waals surface area contributed by atoms with E-state index in [1.54, 1.807) is 0 Å². The fraction of sp³-hybridized carbons (Fsp3) is 0.154. The number of carbonyl (C=O) groups is 1. The summed E-state index contributed by atoms with van der Waals surface area (Å²) in [6.45, 7) is 1.90. The lowest BCUT2D eigenvalue weighted by Crippen LogP contribution is -1.97. The van der Waals surface area contributed by atoms with Gasteiger partial charge in [-0.3, -0.25) is 15.2 Å². The van der Waals surface area contributed by atoms with Crippen LogP contribution in [0.3, 0.4) is 0 Å². The van der Waals surface area contributed by atoms with Crippen LogP contribution in [0.4, 0.5) is 5.69 Å². The van der Waals surface area contributed by atoms with Gasteiger partial charge in [0.15, 0.2) is 0 Å². The highest BCUT2D eigenvalue weighted by Crippen LogP contribution is 2.26. The molecule has 0 spiro atoms. The molecule has 0 aliphatic carbocycles. The van der Waals surface area contributed by atoms with E-state index in [-0.39, 0.29) is 10.6 Å². The highest BCUT2D eigenvalue weighted by atomic mass is 32.2. The zero-order chi connectivity index (χ0) is 16.1. The smallest absolute Gasteiger partial charge is 0.342 e. The van der Waals surface area contributed by atoms with Crippen molar-refractivity contribution in [3.8, 4) is 0 Å². The number of aromatic amines is 1. The molecule has 0 bridgehead atoms. The molecule has 2 rings (SSSR count). The molecule has 2 N–H and O–H groups in total. The maximum Gasteiger partial charge on any atom is 0.342 e. The Morgan fingerprint density at radius 2 is 2.14 bits per heavy atom. The molecule has 0 radical (unpaired) electrons. The van der Waals surface area contributed by atoms with Gasteiger partial charge < -0.3 is 5.11 Å². The Morgan fingerprint density at radius 3 is 2.64 bits per heavy atom. The van der Waals surface area contributed by atoms with Crippen molar-refractivity contribution in [3.63, 3.8) is 0 Å². The van der Waals surface area contributed by atoms with Gasteiger partial charge in [-0.2, -0.15) is 0 Å². The van der Waals surface area contributed by atoms with Crippen LogP contribution in [0.25, 0.3) is 6.08 Å². The summed E-state index contributed by atoms with van der Waals surface area (Å²) >= 11 is 0.913. The first-order valence-electron chi connectivity index (χ1n) is 6.28. The lowest BCUT2D eigenvalue weighted by Gasteiger charge is -1.99. The number of aliphatic carboxylic acids is 1. The third-order valence-corrected chi connectivity index (χ3v) is 3.54. The van der Waals surface area contributed by atoms with Crippen LogP contribution in [-0.4, -0.2) is 31.2 Å². The minimum atomic E-state index is -1.12. The van der Waals surface area contributed by atoms with E-state index < -0.39 is 10.9 Å². The van der Waals surface area contributed by atoms with Gasteiger partial charge in [-0.1, -0.05) is 6.92 Å². The fourth-order valence-electron chi connectivity index (χ4n) is 1.56. The number of benzene rings is 1. The number of carboxylic acids is 1. The van der Waals surface area contributed by atoms with Gasteiger partial charge >= 0.3 is 5.97 Å². The van der Waals surface area contributed by atoms with E-state index in [0.29, 0.717) is 23.0 Å². The van der Waals surface area contributed by atoms with Crippen molar-refractivity contribution in [2.45, 2.75) is 18.5 Å². The van der Waals surface area contributed by atoms with Crippen molar-refractivity contribution in [1.29, 1.82) is 0 Å². The van der Waals surface area contributed by atoms with E-state index >= 15 is 0 Å². The summed E-state index contributed by atoms with van der Waals surface area (Å²) in [6.07, 6.45) is 2.08. The second kappa shape index (κ2) is 6.85. The van der Waals surface area contributed by atoms with E-state index in [0.717, 1.165) is 11.8 Å². The third kappa shape index (κ3) is 3.92. The Kier molecular flexibility index (Phi) is 4.89. The molecule has 9 heteroatoms. The number of nitro groups is 1. The van der Waals surface area contributed by atoms with Crippen LogP contribution in [0.2, 0.25) is 0 Å². The van der Waals surface area contributed by atoms with Crippen molar-refractivity contribution in [1.82, 2.24) is 15.2 Å². The van der Waals surface area contributed by atoms with Gasteiger partial charge in [0, 0.05) is 18.6 Å². The average molecular weight is 320 g/mol. The minimum Gasteiger partial charge on any atom is -0.477 e. The Bertz CT molecular complexity index is 724. The van der Waals surface area contributed by atoms with Crippen LogP contribution < -0.4 is 0 Å². The highest BCUT2D eigenvalue weighted by molar-refractivity contribution is 8.04. The van der Waals surface area contributed by atoms with Gasteiger partial charge in [-0.15, -0.1) is 5.10 Å². The molecular weight excluding hydrogens is 308 g/mol. The zero-order valence-electron chi connectivity index (χ0n) is 11.5. The molecule has 8 nitrogen and oxygen atoms in total. The number of nitrogens with one attached hydrogen (secondary N) is 1. The molecule has 0 atom stereocenters. The Hall–Kier alpha value is -2.68. The summed E-state index contributed by atoms with van der Waals surface area (Å²) in [5.74, 6) is -0.450. The molecule has 114 valence electrons. The maximum atomic E-state index is 11.3. The van der Waals surface area contributed by atoms with Gasteiger partial charge in [0.25, 0.3) is 5.69 Å². The predicted molar refractivity (Wildman–Crippen MR) is 80.3 cm³/mol. The standard InChI is InChI=1S/C13H12N4O4S/c1-2-11-14-13(16-15-11)22-10(12(18)19)7-8-3-5-9(6-4-8)17(20)21/h3-7H,2H2,1H3,(H,18,19)(H,14,15,16)/b10-7+. The second-order valence-corrected chi connectivity index (χ2v) is 5.19. The monoisotopic (exact) mass is 320 g/mol. The van der Waals surface area contributed by atoms with Crippen LogP contribution in [0, 0.1) is 10.1 Å². The number of hydrogen-bond acceptors (Lipinski definition) is 6. The van der Waals surface area contributed by atoms with Gasteiger partial charge in [-0.05, 0) is 35.5 Å². The molecular formula is C13H12N4O4S. The quantitative estimate of drug-likeness (QED) is 0.363. The SMILES string of the molecule is CCc1nc(S/C(=C/c2ccc([N+](=O)[O-])cc2)C(=O)O)n[nH]1. The van der Waals surface area contributed by atoms with E-state index in [1.807, 2.05) is 6.92 Å². The molecule has 22 heavy (non-hydrogen) atoms. The van der Waals surface area contributed by atoms with E-state index in [1.165, 1.54) is 30.3 Å². The third-order valence-electron chi connectivity index (χ3n) is 2.66. The Balaban J connectivity index is 2.22. The van der Waals surface area contributed by atoms with Crippen molar-refractivity contribution in [2.24, 2.45) is 0 Å². The molecule has 0 aliphatic rings. The molecule has 0 unspecified atom stereocenters. The highest BCUT2D eigenvalue weighted by Gasteiger charge is 2.13. The Morgan fingerprint density at radius 1 is 1.45 bits per heavy atom. The van der Waals surface area contributed by atoms with Gasteiger partial charge in [0.1, 0.15) is 10.7 Å². The summed E-state index contributed by atoms with van der Waals surface area (Å²) in [6, 6.07) is 5.60. The first kappa shape index (κ1) is 15.7. The minimum absolute atomic E-state index is 0.0236. The molecule has 0 aliphatic heterocycles. The van der Waals surface area contributed by atoms with Crippen LogP contribution in [0.1, 0.15) is 18.3 Å². The lowest BCUT2D eigenvalue weighted by atomic mass is 10.2. The second-order valence-electron chi connectivity index (χ2n) is 4.18. The number of H-pyrrole nitrogens is 1. The maximum absolute atomic E-state index is 11.3. The number of non-ortho nitro benzene ring substituents is 1. The number of nitrogens with zero attached hydrogens (tertiary/aromatic N) is 3. The molecule has 0 saturated carbocycles. The van der Waals surface area contributed by atoms with Crippen molar-refractivity contribution in [2.75, 3.05) is 0 Å². The molecule has 1 aromatic carbocycles. The molecule has 1 heterocycles. The fourth-order valence-corrected chi connectivity index (χ4v) is 2.28. The molecule has 0 amide bonds. The molecule has 1 aromatic heterocycles. The molecule has 0 saturated heterocycles. The zero-order valence-corrected chi connectivity index (χ0v) is 12.3. The number of nitro benzene ring substituents is 1. The number of thioether (sulfide) groups is 1. The lowest BCUT2D eigenvalue weighted by molar-refractivity contribution is -0.384. The van der Waals surface area contributed by atoms with Crippen molar-refractivity contribution >= 4 is 29.5 Å². The molecule has 2 aromatic rings. The average Bonchev–Trinajstić information content (AvgIpc) is 2.94. The molecule has 0 fully saturated rings. The number of hydrogen-bond donors (Lipinski definition) is 2. The van der Waals surface area contributed by atoms with E-state index in [2.05, 4.69) is 15.2 Å². The van der Waals surface area contributed by atoms with E-state index in [9.17, 15) is 20.0 Å². The van der Waals surface area contributed by atoms with E-state index in [4.69, 9.17) is 0 Å². The summed E-state index contributed by atoms with van der Waals surface area (Å²) < 4.78 is 0. The van der Waals surface area contributed by atoms with Gasteiger partial charge in [0.05, 0.1) is 4.92 Å². The first-order chi connectivity index (χ1) is 10.5. The Labute approximate surface area is 129 Å². The van der Waals surface area contributed by atoms with Crippen molar-refractivity contribution < 1.29 is 14.8 Å². The summed E-state index contributed by atoms with van der Waals surface area (Å²) in [4.78, 5) is 25.5. The predicted octanol–water partition coefficient (Wildman–Crippen LogP) is 2.49. The van der Waals surface area contributed by atoms with Crippen LogP contribution >= 0.6 is 11.8 Å². The topological polar surface area (TPSA) is 122 Å². The summed E-state index contributed by atoms with van der Waals surface area (Å²) in [7, 11) is 0. The normalized spacial score (nSPS) is 11.4. The summed E-state index contributed by atoms with van der Waals surface area (Å²) in [5.41, 5.74) is 0.491. The van der Waals surface area contributed by atoms with Crippen LogP contribution in [0.15, 0.2) is 34.3 Å². The number of carboxylic acid groups (broad SMARTS) is 1. The van der Waals surface area contributed by atoms with Crippen LogP contribution in [0.5, 0.6) is 0 Å².